The van der Waals surface area contributed by atoms with Crippen LogP contribution in [0, 0.1) is 40.4 Å². The number of carbonyl (C=O) groups excluding carboxylic acids is 1. The topological polar surface area (TPSA) is 74.6 Å². The van der Waals surface area contributed by atoms with Gasteiger partial charge in [-0.05, 0) is 86.0 Å². The Kier molecular flexibility index (Phi) is 4.57. The van der Waals surface area contributed by atoms with Gasteiger partial charge in [-0.2, -0.15) is 0 Å². The molecule has 0 aromatic rings. The van der Waals surface area contributed by atoms with Crippen LogP contribution in [0.15, 0.2) is 11.6 Å². The van der Waals surface area contributed by atoms with Crippen LogP contribution in [0.3, 0.4) is 0 Å². The Bertz CT molecular complexity index is 682. The molecule has 4 heteroatoms. The first kappa shape index (κ1) is 19.2. The van der Waals surface area contributed by atoms with E-state index < -0.39 is 11.9 Å². The quantitative estimate of drug-likeness (QED) is 0.776. The fourth-order valence-corrected chi connectivity index (χ4v) is 7.63. The van der Waals surface area contributed by atoms with Crippen molar-refractivity contribution in [3.05, 3.63) is 11.6 Å². The number of fused-ring (bicyclic) bond motifs is 5. The van der Waals surface area contributed by atoms with E-state index in [2.05, 4.69) is 13.8 Å². The van der Waals surface area contributed by atoms with Gasteiger partial charge in [0.25, 0.3) is 0 Å². The zero-order valence-corrected chi connectivity index (χ0v) is 16.9. The minimum absolute atomic E-state index is 0.0344. The van der Waals surface area contributed by atoms with Crippen LogP contribution < -0.4 is 0 Å². The molecule has 0 aliphatic heterocycles. The van der Waals surface area contributed by atoms with E-state index in [1.807, 2.05) is 13.0 Å². The molecule has 0 heterocycles. The van der Waals surface area contributed by atoms with Crippen LogP contribution in [0.1, 0.15) is 72.1 Å². The van der Waals surface area contributed by atoms with Crippen molar-refractivity contribution < 1.29 is 19.8 Å². The summed E-state index contributed by atoms with van der Waals surface area (Å²) in [5.74, 6) is -0.0743. The van der Waals surface area contributed by atoms with E-state index in [-0.39, 0.29) is 28.6 Å². The molecule has 0 bridgehead atoms. The molecule has 2 unspecified atom stereocenters. The highest BCUT2D eigenvalue weighted by atomic mass is 16.4. The van der Waals surface area contributed by atoms with Crippen LogP contribution in [0.4, 0.5) is 0 Å². The number of aliphatic hydroxyl groups excluding tert-OH is 1. The Labute approximate surface area is 162 Å². The van der Waals surface area contributed by atoms with E-state index in [4.69, 9.17) is 0 Å². The number of carboxylic acid groups (broad SMARTS) is 1. The maximum atomic E-state index is 12.8. The van der Waals surface area contributed by atoms with Gasteiger partial charge in [0.05, 0.1) is 12.0 Å². The van der Waals surface area contributed by atoms with Gasteiger partial charge >= 0.3 is 5.97 Å². The number of carbonyl (C=O) groups is 2. The van der Waals surface area contributed by atoms with Gasteiger partial charge in [0.1, 0.15) is 0 Å². The maximum Gasteiger partial charge on any atom is 0.307 e. The SMILES string of the molecule is CCC(C(=O)O)C1C[C@@]2(C)C(=CC1=O)CC[C@H]1[C@@H]3CC[C@H](O)[C@@]3(C)CC[C@@H]12. The minimum Gasteiger partial charge on any atom is -0.481 e. The fraction of sp³-hybridized carbons (Fsp3) is 0.826. The average Bonchev–Trinajstić information content (AvgIpc) is 2.91. The second kappa shape index (κ2) is 6.43. The summed E-state index contributed by atoms with van der Waals surface area (Å²) in [6.45, 7) is 6.46. The molecular formula is C23H34O4. The van der Waals surface area contributed by atoms with E-state index >= 15 is 0 Å². The third-order valence-electron chi connectivity index (χ3n) is 9.25. The number of hydrogen-bond donors (Lipinski definition) is 2. The lowest BCUT2D eigenvalue weighted by molar-refractivity contribution is -0.148. The standard InChI is InChI=1S/C23H34O4/c1-4-14(21(26)27)16-12-23(3)13(11-19(16)24)5-6-15-17-7-8-20(25)22(17,2)10-9-18(15)23/h11,14-18,20,25H,4-10,12H2,1-3H3,(H,26,27)/t14?,15-,16?,17-,18-,20-,22-,23-/m0/s1. The average molecular weight is 375 g/mol. The zero-order chi connectivity index (χ0) is 19.6. The van der Waals surface area contributed by atoms with Crippen molar-refractivity contribution in [2.24, 2.45) is 40.4 Å². The van der Waals surface area contributed by atoms with Crippen LogP contribution in [-0.2, 0) is 9.59 Å². The minimum atomic E-state index is -0.834. The summed E-state index contributed by atoms with van der Waals surface area (Å²) < 4.78 is 0. The predicted molar refractivity (Wildman–Crippen MR) is 103 cm³/mol. The molecule has 3 fully saturated rings. The number of hydrogen-bond acceptors (Lipinski definition) is 3. The monoisotopic (exact) mass is 374 g/mol. The van der Waals surface area contributed by atoms with Gasteiger partial charge in [0, 0.05) is 5.92 Å². The lowest BCUT2D eigenvalue weighted by Crippen LogP contribution is -2.53. The first-order chi connectivity index (χ1) is 12.7. The lowest BCUT2D eigenvalue weighted by atomic mass is 9.46. The summed E-state index contributed by atoms with van der Waals surface area (Å²) in [4.78, 5) is 24.5. The van der Waals surface area contributed by atoms with Crippen molar-refractivity contribution in [2.45, 2.75) is 78.2 Å². The Morgan fingerprint density at radius 3 is 2.63 bits per heavy atom. The Balaban J connectivity index is 1.67. The highest BCUT2D eigenvalue weighted by molar-refractivity contribution is 5.96. The van der Waals surface area contributed by atoms with Gasteiger partial charge in [0.2, 0.25) is 0 Å². The molecule has 8 atom stereocenters. The second-order valence-corrected chi connectivity index (χ2v) is 10.2. The van der Waals surface area contributed by atoms with E-state index in [0.717, 1.165) is 38.5 Å². The summed E-state index contributed by atoms with van der Waals surface area (Å²) in [6, 6.07) is 0. The summed E-state index contributed by atoms with van der Waals surface area (Å²) >= 11 is 0. The first-order valence-corrected chi connectivity index (χ1v) is 10.9. The molecule has 0 radical (unpaired) electrons. The van der Waals surface area contributed by atoms with Crippen molar-refractivity contribution in [3.8, 4) is 0 Å². The predicted octanol–water partition coefficient (Wildman–Crippen LogP) is 4.22. The third kappa shape index (κ3) is 2.66. The zero-order valence-electron chi connectivity index (χ0n) is 16.9. The van der Waals surface area contributed by atoms with Crippen LogP contribution in [0.2, 0.25) is 0 Å². The van der Waals surface area contributed by atoms with E-state index in [1.165, 1.54) is 5.57 Å². The van der Waals surface area contributed by atoms with Crippen molar-refractivity contribution in [3.63, 3.8) is 0 Å². The summed E-state index contributed by atoms with van der Waals surface area (Å²) in [5.41, 5.74) is 1.27. The van der Waals surface area contributed by atoms with Gasteiger partial charge in [-0.1, -0.05) is 26.3 Å². The van der Waals surface area contributed by atoms with Gasteiger partial charge < -0.3 is 10.2 Å². The van der Waals surface area contributed by atoms with E-state index in [0.29, 0.717) is 30.6 Å². The summed E-state index contributed by atoms with van der Waals surface area (Å²) in [5, 5.41) is 20.2. The van der Waals surface area contributed by atoms with Gasteiger partial charge in [-0.25, -0.2) is 0 Å². The molecule has 4 rings (SSSR count). The van der Waals surface area contributed by atoms with Crippen molar-refractivity contribution in [1.82, 2.24) is 0 Å². The molecule has 0 aromatic heterocycles. The largest absolute Gasteiger partial charge is 0.481 e. The highest BCUT2D eigenvalue weighted by Gasteiger charge is 2.59. The van der Waals surface area contributed by atoms with E-state index in [1.54, 1.807) is 0 Å². The first-order valence-electron chi connectivity index (χ1n) is 10.9. The second-order valence-electron chi connectivity index (χ2n) is 10.2. The molecule has 2 N–H and O–H groups in total. The van der Waals surface area contributed by atoms with Gasteiger partial charge in [0.15, 0.2) is 5.78 Å². The molecule has 0 amide bonds. The molecule has 150 valence electrons. The molecule has 3 saturated carbocycles. The number of aliphatic carboxylic acids is 1. The summed E-state index contributed by atoms with van der Waals surface area (Å²) in [6.07, 6.45) is 9.10. The molecule has 4 aliphatic rings. The number of ketones is 1. The molecule has 0 saturated heterocycles. The third-order valence-corrected chi connectivity index (χ3v) is 9.25. The molecular weight excluding hydrogens is 340 g/mol. The Morgan fingerprint density at radius 2 is 1.96 bits per heavy atom. The normalized spacial score (nSPS) is 47.5. The molecule has 0 spiro atoms. The number of allylic oxidation sites excluding steroid dienone is 1. The Hall–Kier alpha value is -1.16. The molecule has 27 heavy (non-hydrogen) atoms. The van der Waals surface area contributed by atoms with E-state index in [9.17, 15) is 19.8 Å². The van der Waals surface area contributed by atoms with Crippen LogP contribution >= 0.6 is 0 Å². The number of carboxylic acids is 1. The smallest absolute Gasteiger partial charge is 0.307 e. The summed E-state index contributed by atoms with van der Waals surface area (Å²) in [7, 11) is 0. The van der Waals surface area contributed by atoms with Crippen LogP contribution in [0.25, 0.3) is 0 Å². The number of aliphatic hydroxyl groups is 1. The number of rotatable bonds is 3. The molecule has 4 aliphatic carbocycles. The molecule has 4 nitrogen and oxygen atoms in total. The van der Waals surface area contributed by atoms with Crippen molar-refractivity contribution in [1.29, 1.82) is 0 Å². The van der Waals surface area contributed by atoms with Crippen LogP contribution in [0.5, 0.6) is 0 Å². The van der Waals surface area contributed by atoms with Gasteiger partial charge in [-0.3, -0.25) is 9.59 Å². The lowest BCUT2D eigenvalue weighted by Gasteiger charge is -2.58. The van der Waals surface area contributed by atoms with Crippen LogP contribution in [-0.4, -0.2) is 28.1 Å². The van der Waals surface area contributed by atoms with Gasteiger partial charge in [-0.15, -0.1) is 0 Å². The Morgan fingerprint density at radius 1 is 1.22 bits per heavy atom. The maximum absolute atomic E-state index is 12.8. The van der Waals surface area contributed by atoms with Crippen molar-refractivity contribution in [2.75, 3.05) is 0 Å². The molecule has 0 aromatic carbocycles. The fourth-order valence-electron chi connectivity index (χ4n) is 7.63. The highest BCUT2D eigenvalue weighted by Crippen LogP contribution is 2.65. The van der Waals surface area contributed by atoms with Crippen molar-refractivity contribution >= 4 is 11.8 Å².